The average Bonchev–Trinajstić information content (AvgIpc) is 4.01. The van der Waals surface area contributed by atoms with Crippen LogP contribution in [0.2, 0.25) is 0 Å². The molecule has 0 amide bonds. The number of fused-ring (bicyclic) bond motifs is 12. The quantitative estimate of drug-likeness (QED) is 0.183. The molecule has 51 heavy (non-hydrogen) atoms. The fourth-order valence-electron chi connectivity index (χ4n) is 7.64. The van der Waals surface area contributed by atoms with Crippen LogP contribution in [0.15, 0.2) is 97.1 Å². The van der Waals surface area contributed by atoms with E-state index >= 15 is 0 Å². The van der Waals surface area contributed by atoms with Crippen molar-refractivity contribution in [3.63, 3.8) is 0 Å². The van der Waals surface area contributed by atoms with Crippen molar-refractivity contribution in [1.29, 1.82) is 0 Å². The number of carbonyl (C=O) groups is 2. The lowest BCUT2D eigenvalue weighted by Gasteiger charge is -2.28. The molecule has 2 N–H and O–H groups in total. The van der Waals surface area contributed by atoms with Crippen molar-refractivity contribution < 1.29 is 19.1 Å². The number of hydrogen-bond donors (Lipinski definition) is 2. The summed E-state index contributed by atoms with van der Waals surface area (Å²) in [5, 5.41) is 4.61. The van der Waals surface area contributed by atoms with Gasteiger partial charge >= 0.3 is 11.9 Å². The molecule has 3 aliphatic rings. The first-order valence-electron chi connectivity index (χ1n) is 16.8. The van der Waals surface area contributed by atoms with Gasteiger partial charge in [-0.25, -0.2) is 14.6 Å². The van der Waals surface area contributed by atoms with Crippen molar-refractivity contribution in [3.05, 3.63) is 137 Å². The molecule has 0 saturated heterocycles. The van der Waals surface area contributed by atoms with Gasteiger partial charge < -0.3 is 19.4 Å². The summed E-state index contributed by atoms with van der Waals surface area (Å²) in [4.78, 5) is 43.8. The predicted molar refractivity (Wildman–Crippen MR) is 195 cm³/mol. The molecule has 0 fully saturated rings. The summed E-state index contributed by atoms with van der Waals surface area (Å²) in [6.45, 7) is 0.403. The number of benzene rings is 2. The molecule has 0 spiro atoms. The zero-order valence-corrected chi connectivity index (χ0v) is 27.9. The number of hydrogen-bond acceptors (Lipinski definition) is 7. The van der Waals surface area contributed by atoms with Crippen LogP contribution in [0.5, 0.6) is 0 Å². The number of carbonyl (C=O) groups excluding carboxylic acids is 2. The van der Waals surface area contributed by atoms with E-state index in [0.717, 1.165) is 67.1 Å². The first-order chi connectivity index (χ1) is 25.0. The molecular weight excluding hydrogens is 640 g/mol. The lowest BCUT2D eigenvalue weighted by molar-refractivity contribution is 0.0551. The number of aromatic amines is 2. The van der Waals surface area contributed by atoms with Gasteiger partial charge in [-0.15, -0.1) is 0 Å². The first-order valence-corrected chi connectivity index (χ1v) is 16.8. The molecule has 2 unspecified atom stereocenters. The second kappa shape index (κ2) is 12.1. The Kier molecular flexibility index (Phi) is 7.24. The molecule has 250 valence electrons. The number of ether oxygens (including phenoxy) is 2. The highest BCUT2D eigenvalue weighted by Crippen LogP contribution is 2.48. The predicted octanol–water partition coefficient (Wildman–Crippen LogP) is 7.71. The van der Waals surface area contributed by atoms with E-state index in [1.165, 1.54) is 14.2 Å². The second-order valence-corrected chi connectivity index (χ2v) is 12.9. The molecule has 0 aliphatic carbocycles. The molecule has 2 atom stereocenters. The van der Waals surface area contributed by atoms with Gasteiger partial charge in [-0.1, -0.05) is 60.7 Å². The number of H-pyrrole nitrogens is 2. The number of aromatic nitrogens is 6. The van der Waals surface area contributed by atoms with Crippen molar-refractivity contribution in [2.24, 2.45) is 0 Å². The summed E-state index contributed by atoms with van der Waals surface area (Å²) in [7, 11) is 2.58. The van der Waals surface area contributed by atoms with E-state index in [2.05, 4.69) is 75.7 Å². The van der Waals surface area contributed by atoms with Gasteiger partial charge in [0, 0.05) is 50.7 Å². The lowest BCUT2D eigenvalue weighted by atomic mass is 9.80. The van der Waals surface area contributed by atoms with Gasteiger partial charge in [0.05, 0.1) is 43.5 Å². The summed E-state index contributed by atoms with van der Waals surface area (Å²) in [5.41, 5.74) is 11.8. The molecular formula is C41H32N6O4. The number of rotatable bonds is 4. The Balaban J connectivity index is 1.35. The van der Waals surface area contributed by atoms with Gasteiger partial charge in [-0.2, -0.15) is 5.10 Å². The molecule has 10 nitrogen and oxygen atoms in total. The molecule has 8 bridgehead atoms. The van der Waals surface area contributed by atoms with E-state index in [0.29, 0.717) is 18.7 Å². The fraction of sp³-hybridized carbons (Fsp3) is 0.146. The molecule has 9 rings (SSSR count). The van der Waals surface area contributed by atoms with E-state index < -0.39 is 11.9 Å². The Morgan fingerprint density at radius 1 is 0.725 bits per heavy atom. The minimum Gasteiger partial charge on any atom is -0.465 e. The Morgan fingerprint density at radius 2 is 1.37 bits per heavy atom. The van der Waals surface area contributed by atoms with Crippen LogP contribution in [0.3, 0.4) is 0 Å². The minimum atomic E-state index is -0.685. The fourth-order valence-corrected chi connectivity index (χ4v) is 7.64. The minimum absolute atomic E-state index is 0.0451. The SMILES string of the molecule is COC(=O)c1nn2c(c1C(=O)OC)CC1c3nc(cc4ccc([nH]4)c(-c4ccccc4)c4nc(cc5ccc([nH]5)c3-c3ccccc3)C=C4)C1C2. The van der Waals surface area contributed by atoms with Crippen LogP contribution in [0, 0.1) is 0 Å². The largest absolute Gasteiger partial charge is 0.465 e. The Bertz CT molecular complexity index is 2560. The van der Waals surface area contributed by atoms with E-state index in [1.54, 1.807) is 4.68 Å². The lowest BCUT2D eigenvalue weighted by Crippen LogP contribution is -2.25. The molecule has 0 saturated carbocycles. The standard InChI is InChI=1S/C41H32N6O4/c1-50-40(48)37-34-21-28-29(22-47(34)46-39(37)41(49)51-2)33-20-27-15-17-31(44-27)35(23-9-5-3-6-10-23)30-16-13-25(42-30)19-26-14-18-32(43-26)36(38(28)45-33)24-11-7-4-8-12-24/h3-20,28-29,43-44H,21-22H2,1-2H3. The highest BCUT2D eigenvalue weighted by molar-refractivity contribution is 6.03. The monoisotopic (exact) mass is 672 g/mol. The van der Waals surface area contributed by atoms with Gasteiger partial charge in [0.1, 0.15) is 5.56 Å². The van der Waals surface area contributed by atoms with E-state index in [9.17, 15) is 9.59 Å². The summed E-state index contributed by atoms with van der Waals surface area (Å²) >= 11 is 0. The third kappa shape index (κ3) is 5.15. The van der Waals surface area contributed by atoms with E-state index in [1.807, 2.05) is 48.5 Å². The zero-order chi connectivity index (χ0) is 34.6. The van der Waals surface area contributed by atoms with Crippen LogP contribution in [-0.4, -0.2) is 55.9 Å². The Hall–Kier alpha value is -6.55. The zero-order valence-electron chi connectivity index (χ0n) is 27.9. The number of nitrogens with one attached hydrogen (secondary N) is 2. The molecule has 7 heterocycles. The van der Waals surface area contributed by atoms with Gasteiger partial charge in [0.2, 0.25) is 0 Å². The normalized spacial score (nSPS) is 16.0. The Labute approximate surface area is 292 Å². The maximum Gasteiger partial charge on any atom is 0.359 e. The maximum atomic E-state index is 13.2. The highest BCUT2D eigenvalue weighted by atomic mass is 16.5. The molecule has 6 aromatic rings. The molecule has 4 aromatic heterocycles. The summed E-state index contributed by atoms with van der Waals surface area (Å²) in [5.74, 6) is -1.56. The average molecular weight is 673 g/mol. The molecule has 10 heteroatoms. The molecule has 0 radical (unpaired) electrons. The molecule has 2 aromatic carbocycles. The van der Waals surface area contributed by atoms with Crippen LogP contribution in [0.4, 0.5) is 0 Å². The smallest absolute Gasteiger partial charge is 0.359 e. The van der Waals surface area contributed by atoms with Crippen molar-refractivity contribution >= 4 is 46.2 Å². The van der Waals surface area contributed by atoms with Crippen LogP contribution in [0.1, 0.15) is 61.2 Å². The summed E-state index contributed by atoms with van der Waals surface area (Å²) in [6.07, 6.45) is 4.50. The van der Waals surface area contributed by atoms with Gasteiger partial charge in [-0.3, -0.25) is 9.67 Å². The highest BCUT2D eigenvalue weighted by Gasteiger charge is 2.42. The number of methoxy groups -OCH3 is 2. The first kappa shape index (κ1) is 30.5. The van der Waals surface area contributed by atoms with Crippen LogP contribution >= 0.6 is 0 Å². The van der Waals surface area contributed by atoms with Gasteiger partial charge in [-0.05, 0) is 66.1 Å². The molecule has 3 aliphatic heterocycles. The van der Waals surface area contributed by atoms with Crippen molar-refractivity contribution in [2.75, 3.05) is 14.2 Å². The van der Waals surface area contributed by atoms with Crippen LogP contribution < -0.4 is 0 Å². The van der Waals surface area contributed by atoms with Gasteiger partial charge in [0.25, 0.3) is 0 Å². The third-order valence-electron chi connectivity index (χ3n) is 9.94. The summed E-state index contributed by atoms with van der Waals surface area (Å²) in [6, 6.07) is 32.9. The summed E-state index contributed by atoms with van der Waals surface area (Å²) < 4.78 is 11.9. The number of nitrogens with zero attached hydrogens (tertiary/aromatic N) is 4. The van der Waals surface area contributed by atoms with Crippen molar-refractivity contribution in [2.45, 2.75) is 24.8 Å². The van der Waals surface area contributed by atoms with Crippen LogP contribution in [-0.2, 0) is 22.4 Å². The van der Waals surface area contributed by atoms with E-state index in [4.69, 9.17) is 19.4 Å². The topological polar surface area (TPSA) is 128 Å². The van der Waals surface area contributed by atoms with E-state index in [-0.39, 0.29) is 23.1 Å². The second-order valence-electron chi connectivity index (χ2n) is 12.9. The van der Waals surface area contributed by atoms with Crippen molar-refractivity contribution in [1.82, 2.24) is 29.7 Å². The number of esters is 2. The van der Waals surface area contributed by atoms with Crippen molar-refractivity contribution in [3.8, 4) is 22.3 Å². The maximum absolute atomic E-state index is 13.2. The van der Waals surface area contributed by atoms with Gasteiger partial charge in [0.15, 0.2) is 5.69 Å². The van der Waals surface area contributed by atoms with Crippen LogP contribution in [0.25, 0.3) is 56.5 Å². The third-order valence-corrected chi connectivity index (χ3v) is 9.94. The Morgan fingerprint density at radius 3 is 2.06 bits per heavy atom.